The molecule has 3 aromatic carbocycles. The molecular weight excluding hydrogens is 443 g/mol. The minimum absolute atomic E-state index is 0.00577. The number of nitrogens with zero attached hydrogens (tertiary/aromatic N) is 2. The molecule has 0 N–H and O–H groups in total. The Morgan fingerprint density at radius 1 is 0.969 bits per heavy atom. The highest BCUT2D eigenvalue weighted by molar-refractivity contribution is 6.31. The first-order chi connectivity index (χ1) is 15.4. The maximum atomic E-state index is 13.2. The van der Waals surface area contributed by atoms with Crippen molar-refractivity contribution in [2.24, 2.45) is 0 Å². The van der Waals surface area contributed by atoms with Crippen molar-refractivity contribution < 1.29 is 9.53 Å². The molecular formula is C26H26Cl2N2O2. The smallest absolute Gasteiger partial charge is 0.263 e. The summed E-state index contributed by atoms with van der Waals surface area (Å²) in [6.07, 6.45) is -0.563. The van der Waals surface area contributed by atoms with Gasteiger partial charge in [-0.25, -0.2) is 0 Å². The molecule has 1 amide bonds. The van der Waals surface area contributed by atoms with Gasteiger partial charge in [0.1, 0.15) is 5.75 Å². The van der Waals surface area contributed by atoms with E-state index >= 15 is 0 Å². The highest BCUT2D eigenvalue weighted by Gasteiger charge is 2.33. The van der Waals surface area contributed by atoms with Crippen LogP contribution in [0, 0.1) is 6.92 Å². The lowest BCUT2D eigenvalue weighted by molar-refractivity contribution is -0.138. The minimum Gasteiger partial charge on any atom is -0.481 e. The third kappa shape index (κ3) is 5.03. The topological polar surface area (TPSA) is 32.8 Å². The molecule has 0 aliphatic carbocycles. The van der Waals surface area contributed by atoms with Gasteiger partial charge in [-0.15, -0.1) is 0 Å². The Balaban J connectivity index is 1.58. The van der Waals surface area contributed by atoms with Crippen molar-refractivity contribution in [3.63, 3.8) is 0 Å². The van der Waals surface area contributed by atoms with Crippen molar-refractivity contribution in [3.05, 3.63) is 94.0 Å². The van der Waals surface area contributed by atoms with Crippen LogP contribution in [0.1, 0.15) is 24.1 Å². The lowest BCUT2D eigenvalue weighted by Crippen LogP contribution is -2.53. The van der Waals surface area contributed by atoms with Crippen molar-refractivity contribution in [1.82, 2.24) is 4.90 Å². The fourth-order valence-corrected chi connectivity index (χ4v) is 4.55. The van der Waals surface area contributed by atoms with E-state index in [1.54, 1.807) is 0 Å². The average molecular weight is 469 g/mol. The lowest BCUT2D eigenvalue weighted by Gasteiger charge is -2.44. The quantitative estimate of drug-likeness (QED) is 0.449. The normalized spacial score (nSPS) is 17.2. The largest absolute Gasteiger partial charge is 0.481 e. The van der Waals surface area contributed by atoms with E-state index in [0.717, 1.165) is 21.8 Å². The van der Waals surface area contributed by atoms with Gasteiger partial charge in [-0.2, -0.15) is 0 Å². The van der Waals surface area contributed by atoms with Crippen LogP contribution in [-0.2, 0) is 4.79 Å². The summed E-state index contributed by atoms with van der Waals surface area (Å²) in [5.41, 5.74) is 3.34. The van der Waals surface area contributed by atoms with Crippen LogP contribution in [0.25, 0.3) is 0 Å². The van der Waals surface area contributed by atoms with Crippen LogP contribution in [0.2, 0.25) is 10.0 Å². The summed E-state index contributed by atoms with van der Waals surface area (Å²) in [7, 11) is 0. The molecule has 1 saturated heterocycles. The summed E-state index contributed by atoms with van der Waals surface area (Å²) < 4.78 is 5.89. The molecule has 166 valence electrons. The van der Waals surface area contributed by atoms with Crippen LogP contribution in [0.3, 0.4) is 0 Å². The molecule has 0 radical (unpaired) electrons. The summed E-state index contributed by atoms with van der Waals surface area (Å²) in [6.45, 7) is 5.76. The zero-order chi connectivity index (χ0) is 22.7. The molecule has 0 saturated carbocycles. The highest BCUT2D eigenvalue weighted by Crippen LogP contribution is 2.34. The zero-order valence-corrected chi connectivity index (χ0v) is 19.7. The maximum absolute atomic E-state index is 13.2. The van der Waals surface area contributed by atoms with E-state index in [1.807, 2.05) is 78.6 Å². The van der Waals surface area contributed by atoms with Crippen molar-refractivity contribution in [2.75, 3.05) is 24.5 Å². The third-order valence-corrected chi connectivity index (χ3v) is 6.31. The SMILES string of the molecule is Cc1cc(Cl)ccc1N1CCN(C(=O)C(C)Oc2ccccc2)CC1c1ccc(Cl)cc1. The van der Waals surface area contributed by atoms with Crippen LogP contribution in [0.5, 0.6) is 5.75 Å². The predicted molar refractivity (Wildman–Crippen MR) is 131 cm³/mol. The Kier molecular flexibility index (Phi) is 6.92. The minimum atomic E-state index is -0.563. The summed E-state index contributed by atoms with van der Waals surface area (Å²) in [5, 5.41) is 1.41. The summed E-state index contributed by atoms with van der Waals surface area (Å²) in [5.74, 6) is 0.679. The first-order valence-electron chi connectivity index (χ1n) is 10.7. The molecule has 1 aliphatic rings. The van der Waals surface area contributed by atoms with E-state index in [2.05, 4.69) is 17.9 Å². The molecule has 32 heavy (non-hydrogen) atoms. The fraction of sp³-hybridized carbons (Fsp3) is 0.269. The number of para-hydroxylation sites is 1. The molecule has 1 aliphatic heterocycles. The predicted octanol–water partition coefficient (Wildman–Crippen LogP) is 6.16. The van der Waals surface area contributed by atoms with E-state index in [9.17, 15) is 4.79 Å². The Morgan fingerprint density at radius 2 is 1.66 bits per heavy atom. The summed E-state index contributed by atoms with van der Waals surface area (Å²) in [4.78, 5) is 17.5. The molecule has 6 heteroatoms. The number of aryl methyl sites for hydroxylation is 1. The number of ether oxygens (including phenoxy) is 1. The number of amides is 1. The maximum Gasteiger partial charge on any atom is 0.263 e. The van der Waals surface area contributed by atoms with Gasteiger partial charge >= 0.3 is 0 Å². The van der Waals surface area contributed by atoms with E-state index in [1.165, 1.54) is 0 Å². The summed E-state index contributed by atoms with van der Waals surface area (Å²) >= 11 is 12.3. The van der Waals surface area contributed by atoms with Gasteiger partial charge in [0.15, 0.2) is 6.10 Å². The zero-order valence-electron chi connectivity index (χ0n) is 18.2. The van der Waals surface area contributed by atoms with Crippen LogP contribution < -0.4 is 9.64 Å². The number of piperazine rings is 1. The van der Waals surface area contributed by atoms with Crippen LogP contribution in [-0.4, -0.2) is 36.5 Å². The van der Waals surface area contributed by atoms with Gasteiger partial charge in [-0.3, -0.25) is 4.79 Å². The molecule has 1 fully saturated rings. The van der Waals surface area contributed by atoms with Crippen molar-refractivity contribution in [3.8, 4) is 5.75 Å². The van der Waals surface area contributed by atoms with Gasteiger partial charge in [0.2, 0.25) is 0 Å². The number of hydrogen-bond acceptors (Lipinski definition) is 3. The molecule has 1 heterocycles. The third-order valence-electron chi connectivity index (χ3n) is 5.82. The van der Waals surface area contributed by atoms with Crippen LogP contribution >= 0.6 is 23.2 Å². The molecule has 2 atom stereocenters. The van der Waals surface area contributed by atoms with E-state index in [-0.39, 0.29) is 11.9 Å². The molecule has 0 spiro atoms. The molecule has 0 bridgehead atoms. The molecule has 0 aromatic heterocycles. The van der Waals surface area contributed by atoms with Crippen molar-refractivity contribution in [1.29, 1.82) is 0 Å². The number of anilines is 1. The molecule has 4 nitrogen and oxygen atoms in total. The Hall–Kier alpha value is -2.69. The Bertz CT molecular complexity index is 1070. The first kappa shape index (κ1) is 22.5. The van der Waals surface area contributed by atoms with Gasteiger partial charge in [0, 0.05) is 35.4 Å². The average Bonchev–Trinajstić information content (AvgIpc) is 2.79. The Labute approximate surface area is 199 Å². The van der Waals surface area contributed by atoms with Gasteiger partial charge in [-0.05, 0) is 67.4 Å². The van der Waals surface area contributed by atoms with E-state index < -0.39 is 6.10 Å². The molecule has 3 aromatic rings. The Morgan fingerprint density at radius 3 is 2.34 bits per heavy atom. The second-order valence-corrected chi connectivity index (χ2v) is 8.92. The number of benzene rings is 3. The fourth-order valence-electron chi connectivity index (χ4n) is 4.19. The van der Waals surface area contributed by atoms with Gasteiger partial charge in [0.25, 0.3) is 5.91 Å². The number of hydrogen-bond donors (Lipinski definition) is 0. The van der Waals surface area contributed by atoms with Crippen molar-refractivity contribution in [2.45, 2.75) is 26.0 Å². The number of carbonyl (C=O) groups is 1. The van der Waals surface area contributed by atoms with Crippen LogP contribution in [0.4, 0.5) is 5.69 Å². The highest BCUT2D eigenvalue weighted by atomic mass is 35.5. The van der Waals surface area contributed by atoms with Gasteiger partial charge in [-0.1, -0.05) is 53.5 Å². The lowest BCUT2D eigenvalue weighted by atomic mass is 10.00. The van der Waals surface area contributed by atoms with Crippen LogP contribution in [0.15, 0.2) is 72.8 Å². The van der Waals surface area contributed by atoms with Gasteiger partial charge in [0.05, 0.1) is 6.04 Å². The first-order valence-corrected chi connectivity index (χ1v) is 11.5. The van der Waals surface area contributed by atoms with Crippen molar-refractivity contribution >= 4 is 34.8 Å². The number of rotatable bonds is 5. The monoisotopic (exact) mass is 468 g/mol. The number of halogens is 2. The summed E-state index contributed by atoms with van der Waals surface area (Å²) in [6, 6.07) is 23.2. The molecule has 4 rings (SSSR count). The second kappa shape index (κ2) is 9.85. The second-order valence-electron chi connectivity index (χ2n) is 8.05. The van der Waals surface area contributed by atoms with E-state index in [0.29, 0.717) is 30.4 Å². The number of carbonyl (C=O) groups excluding carboxylic acids is 1. The molecule has 2 unspecified atom stereocenters. The van der Waals surface area contributed by atoms with E-state index in [4.69, 9.17) is 27.9 Å². The van der Waals surface area contributed by atoms with Gasteiger partial charge < -0.3 is 14.5 Å². The standard InChI is InChI=1S/C26H26Cl2N2O2/c1-18-16-22(28)12-13-24(18)30-15-14-29(17-25(30)20-8-10-21(27)11-9-20)26(31)19(2)32-23-6-4-3-5-7-23/h3-13,16,19,25H,14-15,17H2,1-2H3.